The minimum absolute atomic E-state index is 0.386. The molecule has 3 N–H and O–H groups in total. The third kappa shape index (κ3) is 5.89. The molecule has 2 heterocycles. The maximum Gasteiger partial charge on any atom is 0.193 e. The van der Waals surface area contributed by atoms with Gasteiger partial charge in [-0.15, -0.1) is 11.3 Å². The molecule has 3 aromatic rings. The summed E-state index contributed by atoms with van der Waals surface area (Å²) < 4.78 is 1.65. The van der Waals surface area contributed by atoms with E-state index in [9.17, 15) is 5.26 Å². The Hall–Kier alpha value is -3.31. The fourth-order valence-electron chi connectivity index (χ4n) is 3.40. The standard InChI is InChI=1S/C24H31N7S/c1-4-27-24(30(3)15-13-20-7-6-16-32-20)28-14-5-8-22-21(17-25)23(26)31(29-22)19-11-9-18(2)10-12-19/h6-7,9-12,16H,4-5,8,13-15,26H2,1-3H3,(H,27,28). The molecule has 0 aliphatic heterocycles. The number of nitrogens with two attached hydrogens (primary N) is 1. The summed E-state index contributed by atoms with van der Waals surface area (Å²) in [5.74, 6) is 1.28. The number of nitrogen functional groups attached to an aromatic ring is 1. The van der Waals surface area contributed by atoms with E-state index in [1.807, 2.05) is 31.2 Å². The average Bonchev–Trinajstić information content (AvgIpc) is 3.42. The summed E-state index contributed by atoms with van der Waals surface area (Å²) in [7, 11) is 2.06. The van der Waals surface area contributed by atoms with Gasteiger partial charge in [0.2, 0.25) is 0 Å². The Bertz CT molecular complexity index is 1060. The molecule has 3 rings (SSSR count). The highest BCUT2D eigenvalue weighted by Crippen LogP contribution is 2.22. The minimum atomic E-state index is 0.386. The average molecular weight is 450 g/mol. The van der Waals surface area contributed by atoms with Gasteiger partial charge in [-0.1, -0.05) is 23.8 Å². The van der Waals surface area contributed by atoms with E-state index in [1.54, 1.807) is 16.0 Å². The monoisotopic (exact) mass is 449 g/mol. The Morgan fingerprint density at radius 3 is 2.72 bits per heavy atom. The van der Waals surface area contributed by atoms with Gasteiger partial charge in [0.05, 0.1) is 11.4 Å². The Morgan fingerprint density at radius 1 is 1.28 bits per heavy atom. The summed E-state index contributed by atoms with van der Waals surface area (Å²) in [6.07, 6.45) is 2.43. The predicted octanol–water partition coefficient (Wildman–Crippen LogP) is 3.77. The normalized spacial score (nSPS) is 11.4. The lowest BCUT2D eigenvalue weighted by molar-refractivity contribution is 0.486. The van der Waals surface area contributed by atoms with Crippen LogP contribution >= 0.6 is 11.3 Å². The maximum atomic E-state index is 9.60. The van der Waals surface area contributed by atoms with Crippen LogP contribution in [0.5, 0.6) is 0 Å². The number of benzene rings is 1. The second-order valence-corrected chi connectivity index (χ2v) is 8.69. The van der Waals surface area contributed by atoms with Crippen molar-refractivity contribution < 1.29 is 0 Å². The van der Waals surface area contributed by atoms with E-state index in [0.29, 0.717) is 24.3 Å². The molecule has 0 radical (unpaired) electrons. The number of hydrogen-bond donors (Lipinski definition) is 2. The minimum Gasteiger partial charge on any atom is -0.382 e. The molecular formula is C24H31N7S. The van der Waals surface area contributed by atoms with Crippen LogP contribution in [0.4, 0.5) is 5.82 Å². The van der Waals surface area contributed by atoms with Crippen LogP contribution in [0.1, 0.15) is 35.0 Å². The van der Waals surface area contributed by atoms with Crippen molar-refractivity contribution in [3.8, 4) is 11.8 Å². The van der Waals surface area contributed by atoms with Crippen LogP contribution in [0.15, 0.2) is 46.8 Å². The van der Waals surface area contributed by atoms with E-state index in [-0.39, 0.29) is 0 Å². The number of nitrogens with one attached hydrogen (secondary N) is 1. The van der Waals surface area contributed by atoms with Crippen LogP contribution in [0.3, 0.4) is 0 Å². The number of thiophene rings is 1. The fourth-order valence-corrected chi connectivity index (χ4v) is 4.10. The molecule has 0 aliphatic carbocycles. The number of aryl methyl sites for hydroxylation is 2. The zero-order chi connectivity index (χ0) is 22.9. The summed E-state index contributed by atoms with van der Waals surface area (Å²) in [5.41, 5.74) is 9.42. The van der Waals surface area contributed by atoms with E-state index >= 15 is 0 Å². The number of aliphatic imine (C=N–C) groups is 1. The van der Waals surface area contributed by atoms with Gasteiger partial charge in [0.15, 0.2) is 5.96 Å². The zero-order valence-corrected chi connectivity index (χ0v) is 19.8. The van der Waals surface area contributed by atoms with Gasteiger partial charge in [0.25, 0.3) is 0 Å². The van der Waals surface area contributed by atoms with Crippen molar-refractivity contribution in [1.29, 1.82) is 5.26 Å². The number of aromatic nitrogens is 2. The highest BCUT2D eigenvalue weighted by molar-refractivity contribution is 7.09. The lowest BCUT2D eigenvalue weighted by Gasteiger charge is -2.21. The van der Waals surface area contributed by atoms with Crippen LogP contribution in [-0.4, -0.2) is 47.3 Å². The molecular weight excluding hydrogens is 418 g/mol. The lowest BCUT2D eigenvalue weighted by atomic mass is 10.1. The van der Waals surface area contributed by atoms with Gasteiger partial charge >= 0.3 is 0 Å². The van der Waals surface area contributed by atoms with Crippen LogP contribution in [0.2, 0.25) is 0 Å². The Morgan fingerprint density at radius 2 is 2.06 bits per heavy atom. The molecule has 0 atom stereocenters. The number of likely N-dealkylation sites (N-methyl/N-ethyl adjacent to an activating group) is 1. The molecule has 0 saturated heterocycles. The second kappa shape index (κ2) is 11.3. The first-order chi connectivity index (χ1) is 15.5. The molecule has 0 bridgehead atoms. The predicted molar refractivity (Wildman–Crippen MR) is 132 cm³/mol. The van der Waals surface area contributed by atoms with Crippen molar-refractivity contribution in [3.05, 3.63) is 63.5 Å². The number of guanidine groups is 1. The molecule has 0 fully saturated rings. The molecule has 168 valence electrons. The molecule has 0 saturated carbocycles. The third-order valence-electron chi connectivity index (χ3n) is 5.19. The quantitative estimate of drug-likeness (QED) is 0.295. The van der Waals surface area contributed by atoms with E-state index < -0.39 is 0 Å². The van der Waals surface area contributed by atoms with Crippen molar-refractivity contribution in [2.75, 3.05) is 32.4 Å². The van der Waals surface area contributed by atoms with Gasteiger partial charge in [-0.3, -0.25) is 4.99 Å². The van der Waals surface area contributed by atoms with Crippen LogP contribution < -0.4 is 11.1 Å². The highest BCUT2D eigenvalue weighted by atomic mass is 32.1. The molecule has 0 amide bonds. The molecule has 7 nitrogen and oxygen atoms in total. The Labute approximate surface area is 194 Å². The molecule has 1 aromatic carbocycles. The first-order valence-corrected chi connectivity index (χ1v) is 11.8. The van der Waals surface area contributed by atoms with Crippen molar-refractivity contribution in [2.24, 2.45) is 4.99 Å². The summed E-state index contributed by atoms with van der Waals surface area (Å²) in [4.78, 5) is 8.30. The fraction of sp³-hybridized carbons (Fsp3) is 0.375. The summed E-state index contributed by atoms with van der Waals surface area (Å²) in [6.45, 7) is 6.47. The molecule has 32 heavy (non-hydrogen) atoms. The van der Waals surface area contributed by atoms with Gasteiger partial charge in [0, 0.05) is 31.6 Å². The van der Waals surface area contributed by atoms with E-state index in [4.69, 9.17) is 10.7 Å². The molecule has 2 aromatic heterocycles. The topological polar surface area (TPSA) is 95.3 Å². The van der Waals surface area contributed by atoms with Gasteiger partial charge in [0.1, 0.15) is 17.5 Å². The highest BCUT2D eigenvalue weighted by Gasteiger charge is 2.16. The van der Waals surface area contributed by atoms with E-state index in [1.165, 1.54) is 4.88 Å². The van der Waals surface area contributed by atoms with Gasteiger partial charge in [-0.25, -0.2) is 4.68 Å². The van der Waals surface area contributed by atoms with Gasteiger partial charge in [-0.2, -0.15) is 10.4 Å². The van der Waals surface area contributed by atoms with Crippen molar-refractivity contribution in [3.63, 3.8) is 0 Å². The molecule has 8 heteroatoms. The van der Waals surface area contributed by atoms with E-state index in [2.05, 4.69) is 52.9 Å². The number of rotatable bonds is 9. The summed E-state index contributed by atoms with van der Waals surface area (Å²) >= 11 is 1.78. The SMILES string of the molecule is CCNC(=NCCCc1nn(-c2ccc(C)cc2)c(N)c1C#N)N(C)CCc1cccs1. The van der Waals surface area contributed by atoms with Crippen LogP contribution in [0.25, 0.3) is 5.69 Å². The maximum absolute atomic E-state index is 9.60. The lowest BCUT2D eigenvalue weighted by Crippen LogP contribution is -2.40. The van der Waals surface area contributed by atoms with Crippen LogP contribution in [0, 0.1) is 18.3 Å². The number of nitriles is 1. The second-order valence-electron chi connectivity index (χ2n) is 7.66. The van der Waals surface area contributed by atoms with Crippen molar-refractivity contribution >= 4 is 23.1 Å². The number of hydrogen-bond acceptors (Lipinski definition) is 5. The largest absolute Gasteiger partial charge is 0.382 e. The van der Waals surface area contributed by atoms with Crippen molar-refractivity contribution in [2.45, 2.75) is 33.1 Å². The third-order valence-corrected chi connectivity index (χ3v) is 6.12. The zero-order valence-electron chi connectivity index (χ0n) is 19.0. The first kappa shape index (κ1) is 23.4. The van der Waals surface area contributed by atoms with E-state index in [0.717, 1.165) is 48.8 Å². The molecule has 0 unspecified atom stereocenters. The van der Waals surface area contributed by atoms with Crippen LogP contribution in [-0.2, 0) is 12.8 Å². The summed E-state index contributed by atoms with van der Waals surface area (Å²) in [6, 6.07) is 14.4. The summed E-state index contributed by atoms with van der Waals surface area (Å²) in [5, 5.41) is 19.7. The smallest absolute Gasteiger partial charge is 0.193 e. The molecule has 0 aliphatic rings. The Kier molecular flexibility index (Phi) is 8.28. The first-order valence-electron chi connectivity index (χ1n) is 10.9. The van der Waals surface area contributed by atoms with Gasteiger partial charge < -0.3 is 16.0 Å². The number of anilines is 1. The van der Waals surface area contributed by atoms with Crippen molar-refractivity contribution in [1.82, 2.24) is 20.0 Å². The number of nitrogens with zero attached hydrogens (tertiary/aromatic N) is 5. The van der Waals surface area contributed by atoms with Gasteiger partial charge in [-0.05, 0) is 56.7 Å². The Balaban J connectivity index is 1.62. The molecule has 0 spiro atoms.